The molecule has 0 saturated carbocycles. The molecule has 7 heteroatoms. The molecule has 1 fully saturated rings. The number of anilines is 2. The normalized spacial score (nSPS) is 23.3. The van der Waals surface area contributed by atoms with Gasteiger partial charge in [-0.05, 0) is 25.6 Å². The number of carbonyl (C=O) groups excluding carboxylic acids is 1. The van der Waals surface area contributed by atoms with Crippen LogP contribution in [0.5, 0.6) is 0 Å². The molecule has 3 aliphatic heterocycles. The van der Waals surface area contributed by atoms with Gasteiger partial charge < -0.3 is 19.6 Å². The van der Waals surface area contributed by atoms with Gasteiger partial charge in [-0.3, -0.25) is 4.79 Å². The summed E-state index contributed by atoms with van der Waals surface area (Å²) in [5, 5.41) is 0. The van der Waals surface area contributed by atoms with E-state index >= 15 is 4.39 Å². The first-order valence-corrected chi connectivity index (χ1v) is 8.38. The Hall–Kier alpha value is -2.41. The maximum absolute atomic E-state index is 15.1. The summed E-state index contributed by atoms with van der Waals surface area (Å²) in [5.74, 6) is 0.775. The van der Waals surface area contributed by atoms with Crippen LogP contribution in [0.2, 0.25) is 0 Å². The van der Waals surface area contributed by atoms with E-state index in [9.17, 15) is 4.79 Å². The van der Waals surface area contributed by atoms with E-state index in [-0.39, 0.29) is 17.8 Å². The van der Waals surface area contributed by atoms with E-state index in [1.807, 2.05) is 30.0 Å². The van der Waals surface area contributed by atoms with Crippen LogP contribution in [0.4, 0.5) is 15.8 Å². The quantitative estimate of drug-likeness (QED) is 0.714. The third kappa shape index (κ3) is 2.12. The monoisotopic (exact) mass is 343 g/mol. The lowest BCUT2D eigenvalue weighted by atomic mass is 10.0. The number of aryl methyl sites for hydroxylation is 1. The van der Waals surface area contributed by atoms with E-state index in [0.717, 1.165) is 12.2 Å². The number of fused-ring (bicyclic) bond motifs is 2. The van der Waals surface area contributed by atoms with Crippen LogP contribution in [0.3, 0.4) is 0 Å². The molecule has 0 spiro atoms. The van der Waals surface area contributed by atoms with Gasteiger partial charge in [0, 0.05) is 33.7 Å². The van der Waals surface area contributed by atoms with Crippen molar-refractivity contribution in [2.45, 2.75) is 13.0 Å². The van der Waals surface area contributed by atoms with Crippen LogP contribution in [0, 0.1) is 12.7 Å². The molecule has 1 aromatic carbocycles. The average Bonchev–Trinajstić information content (AvgIpc) is 2.66. The second-order valence-corrected chi connectivity index (χ2v) is 7.03. The Morgan fingerprint density at radius 3 is 2.68 bits per heavy atom. The first-order valence-electron chi connectivity index (χ1n) is 8.38. The van der Waals surface area contributed by atoms with Gasteiger partial charge >= 0.3 is 0 Å². The minimum absolute atomic E-state index is 0.108. The molecular formula is C18H22FN5O. The van der Waals surface area contributed by atoms with E-state index in [2.05, 4.69) is 16.5 Å². The summed E-state index contributed by atoms with van der Waals surface area (Å²) < 4.78 is 15.1. The molecule has 6 nitrogen and oxygen atoms in total. The maximum Gasteiger partial charge on any atom is 0.250 e. The van der Waals surface area contributed by atoms with Gasteiger partial charge in [-0.2, -0.15) is 0 Å². The highest BCUT2D eigenvalue weighted by molar-refractivity contribution is 6.17. The van der Waals surface area contributed by atoms with E-state index in [0.29, 0.717) is 41.6 Å². The first kappa shape index (κ1) is 16.1. The molecule has 1 unspecified atom stereocenters. The van der Waals surface area contributed by atoms with Crippen LogP contribution in [0.15, 0.2) is 23.5 Å². The molecule has 1 amide bonds. The summed E-state index contributed by atoms with van der Waals surface area (Å²) in [7, 11) is 5.51. The lowest BCUT2D eigenvalue weighted by Crippen LogP contribution is -2.59. The highest BCUT2D eigenvalue weighted by Gasteiger charge is 2.43. The van der Waals surface area contributed by atoms with Gasteiger partial charge in [0.15, 0.2) is 5.82 Å². The lowest BCUT2D eigenvalue weighted by Gasteiger charge is -2.41. The maximum atomic E-state index is 15.1. The minimum atomic E-state index is -0.376. The van der Waals surface area contributed by atoms with Gasteiger partial charge in [0.1, 0.15) is 17.7 Å². The molecule has 3 heterocycles. The number of hydrogen-bond acceptors (Lipinski definition) is 5. The van der Waals surface area contributed by atoms with E-state index in [4.69, 9.17) is 0 Å². The molecule has 3 aliphatic rings. The summed E-state index contributed by atoms with van der Waals surface area (Å²) >= 11 is 0. The molecule has 132 valence electrons. The van der Waals surface area contributed by atoms with Gasteiger partial charge in [-0.1, -0.05) is 6.58 Å². The predicted octanol–water partition coefficient (Wildman–Crippen LogP) is 1.39. The molecule has 1 atom stereocenters. The second-order valence-electron chi connectivity index (χ2n) is 7.03. The number of rotatable bonds is 0. The highest BCUT2D eigenvalue weighted by Crippen LogP contribution is 2.42. The molecule has 0 aromatic heterocycles. The van der Waals surface area contributed by atoms with Crippen molar-refractivity contribution in [2.75, 3.05) is 50.6 Å². The third-order valence-electron chi connectivity index (χ3n) is 5.41. The van der Waals surface area contributed by atoms with Crippen LogP contribution in [0.1, 0.15) is 11.1 Å². The standard InChI is InChI=1S/C18H22FN5O/c1-10-8-12-14-16(15(10)19)23(5)18(25)13-9-21(3)6-7-24(13)17(14)20-11(2)22(12)4/h8,13H,2,6-7,9H2,1,3-5H3. The molecule has 0 aliphatic carbocycles. The fourth-order valence-electron chi connectivity index (χ4n) is 3.88. The third-order valence-corrected chi connectivity index (χ3v) is 5.41. The Bertz CT molecular complexity index is 833. The molecule has 0 radical (unpaired) electrons. The van der Waals surface area contributed by atoms with Crippen LogP contribution in [0.25, 0.3) is 0 Å². The number of benzene rings is 1. The Morgan fingerprint density at radius 1 is 1.24 bits per heavy atom. The summed E-state index contributed by atoms with van der Waals surface area (Å²) in [4.78, 5) is 25.2. The molecule has 1 aromatic rings. The van der Waals surface area contributed by atoms with E-state index in [1.54, 1.807) is 14.0 Å². The molecular weight excluding hydrogens is 321 g/mol. The zero-order chi connectivity index (χ0) is 18.0. The number of piperazine rings is 1. The Labute approximate surface area is 146 Å². The number of aliphatic imine (C=N–C) groups is 1. The average molecular weight is 343 g/mol. The van der Waals surface area contributed by atoms with Crippen molar-refractivity contribution in [1.82, 2.24) is 9.80 Å². The van der Waals surface area contributed by atoms with Gasteiger partial charge in [-0.15, -0.1) is 0 Å². The summed E-state index contributed by atoms with van der Waals surface area (Å²) in [5.41, 5.74) is 2.34. The van der Waals surface area contributed by atoms with E-state index < -0.39 is 0 Å². The summed E-state index contributed by atoms with van der Waals surface area (Å²) in [6.07, 6.45) is 0. The van der Waals surface area contributed by atoms with Crippen LogP contribution in [-0.2, 0) is 4.79 Å². The smallest absolute Gasteiger partial charge is 0.250 e. The van der Waals surface area contributed by atoms with Gasteiger partial charge in [-0.25, -0.2) is 9.38 Å². The van der Waals surface area contributed by atoms with Crippen molar-refractivity contribution in [3.63, 3.8) is 0 Å². The molecule has 0 N–H and O–H groups in total. The summed E-state index contributed by atoms with van der Waals surface area (Å²) in [6.45, 7) is 7.84. The second kappa shape index (κ2) is 5.29. The Morgan fingerprint density at radius 2 is 1.96 bits per heavy atom. The number of halogens is 1. The van der Waals surface area contributed by atoms with Crippen molar-refractivity contribution >= 4 is 23.1 Å². The zero-order valence-electron chi connectivity index (χ0n) is 15.0. The largest absolute Gasteiger partial charge is 0.341 e. The predicted molar refractivity (Wildman–Crippen MR) is 96.6 cm³/mol. The molecule has 25 heavy (non-hydrogen) atoms. The highest BCUT2D eigenvalue weighted by atomic mass is 19.1. The fourth-order valence-corrected chi connectivity index (χ4v) is 3.88. The van der Waals surface area contributed by atoms with Crippen molar-refractivity contribution in [3.8, 4) is 0 Å². The number of nitrogens with zero attached hydrogens (tertiary/aromatic N) is 5. The van der Waals surface area contributed by atoms with Crippen LogP contribution < -0.4 is 9.80 Å². The van der Waals surface area contributed by atoms with Crippen LogP contribution >= 0.6 is 0 Å². The summed E-state index contributed by atoms with van der Waals surface area (Å²) in [6, 6.07) is 1.43. The number of carbonyl (C=O) groups is 1. The van der Waals surface area contributed by atoms with Crippen molar-refractivity contribution in [2.24, 2.45) is 4.99 Å². The van der Waals surface area contributed by atoms with E-state index in [1.165, 1.54) is 4.90 Å². The number of hydrogen-bond donors (Lipinski definition) is 0. The molecule has 0 bridgehead atoms. The number of likely N-dealkylation sites (N-methyl/N-ethyl adjacent to an activating group) is 2. The van der Waals surface area contributed by atoms with Crippen LogP contribution in [-0.4, -0.2) is 68.4 Å². The fraction of sp³-hybridized carbons (Fsp3) is 0.444. The number of amidine groups is 1. The van der Waals surface area contributed by atoms with Crippen molar-refractivity contribution in [3.05, 3.63) is 35.4 Å². The number of amides is 1. The van der Waals surface area contributed by atoms with Crippen molar-refractivity contribution < 1.29 is 9.18 Å². The molecule has 1 saturated heterocycles. The van der Waals surface area contributed by atoms with Crippen molar-refractivity contribution in [1.29, 1.82) is 0 Å². The zero-order valence-corrected chi connectivity index (χ0v) is 15.0. The van der Waals surface area contributed by atoms with Gasteiger partial charge in [0.2, 0.25) is 0 Å². The Kier molecular flexibility index (Phi) is 3.40. The minimum Gasteiger partial charge on any atom is -0.341 e. The van der Waals surface area contributed by atoms with Gasteiger partial charge in [0.25, 0.3) is 5.91 Å². The topological polar surface area (TPSA) is 42.4 Å². The Balaban J connectivity index is 2.04. The molecule has 4 rings (SSSR count). The first-order chi connectivity index (χ1) is 11.8. The van der Waals surface area contributed by atoms with Gasteiger partial charge in [0.05, 0.1) is 16.9 Å². The lowest BCUT2D eigenvalue weighted by molar-refractivity contribution is -0.123. The SMILES string of the molecule is C=C1N=C2c3c(cc(C)c(F)c3N(C)C(=O)C3CN(C)CCN23)N1C.